The van der Waals surface area contributed by atoms with Crippen LogP contribution >= 0.6 is 0 Å². The molecule has 3 N–H and O–H groups in total. The number of carbonyl (C=O) groups is 1. The fraction of sp³-hybridized carbons (Fsp3) is 0.368. The van der Waals surface area contributed by atoms with Gasteiger partial charge in [-0.05, 0) is 36.4 Å². The number of aromatic nitrogens is 3. The summed E-state index contributed by atoms with van der Waals surface area (Å²) in [5, 5.41) is 11.3. The lowest BCUT2D eigenvalue weighted by Gasteiger charge is -2.31. The molecule has 1 fully saturated rings. The van der Waals surface area contributed by atoms with Gasteiger partial charge in [0.25, 0.3) is 0 Å². The number of rotatable bonds is 4. The summed E-state index contributed by atoms with van der Waals surface area (Å²) >= 11 is 0. The lowest BCUT2D eigenvalue weighted by molar-refractivity contribution is 0.181. The van der Waals surface area contributed by atoms with E-state index >= 15 is 0 Å². The van der Waals surface area contributed by atoms with Crippen molar-refractivity contribution in [1.82, 2.24) is 25.4 Å². The van der Waals surface area contributed by atoms with Crippen molar-refractivity contribution < 1.29 is 4.79 Å². The molecule has 25 heavy (non-hydrogen) atoms. The number of likely N-dealkylation sites (tertiary alicyclic amines) is 1. The number of hydrogen-bond acceptors (Lipinski definition) is 2. The number of aromatic amines is 2. The highest BCUT2D eigenvalue weighted by Gasteiger charge is 2.24. The molecule has 130 valence electrons. The molecule has 1 aliphatic rings. The van der Waals surface area contributed by atoms with Crippen LogP contribution in [0.2, 0.25) is 0 Å². The minimum atomic E-state index is 0.0409. The summed E-state index contributed by atoms with van der Waals surface area (Å²) in [5.74, 6) is 0.484. The molecule has 0 atom stereocenters. The van der Waals surface area contributed by atoms with Crippen molar-refractivity contribution in [2.45, 2.75) is 25.2 Å². The van der Waals surface area contributed by atoms with E-state index in [2.05, 4.69) is 38.7 Å². The highest BCUT2D eigenvalue weighted by Crippen LogP contribution is 2.26. The molecule has 0 bridgehead atoms. The van der Waals surface area contributed by atoms with E-state index < -0.39 is 0 Å². The number of carbonyl (C=O) groups excluding carboxylic acids is 1. The highest BCUT2D eigenvalue weighted by molar-refractivity contribution is 5.80. The largest absolute Gasteiger partial charge is 0.358 e. The molecule has 6 heteroatoms. The smallest absolute Gasteiger partial charge is 0.317 e. The van der Waals surface area contributed by atoms with Gasteiger partial charge < -0.3 is 15.2 Å². The van der Waals surface area contributed by atoms with Crippen LogP contribution in [0.15, 0.2) is 42.6 Å². The number of hydrogen-bond donors (Lipinski definition) is 3. The maximum absolute atomic E-state index is 12.3. The second-order valence-corrected chi connectivity index (χ2v) is 6.64. The van der Waals surface area contributed by atoms with E-state index in [0.717, 1.165) is 43.6 Å². The maximum atomic E-state index is 12.3. The van der Waals surface area contributed by atoms with Crippen molar-refractivity contribution in [3.05, 3.63) is 54.0 Å². The molecule has 2 aromatic heterocycles. The third-order valence-electron chi connectivity index (χ3n) is 5.00. The van der Waals surface area contributed by atoms with Gasteiger partial charge in [-0.15, -0.1) is 0 Å². The predicted octanol–water partition coefficient (Wildman–Crippen LogP) is 3.02. The van der Waals surface area contributed by atoms with E-state index in [9.17, 15) is 4.79 Å². The quantitative estimate of drug-likeness (QED) is 0.684. The van der Waals surface area contributed by atoms with Gasteiger partial charge in [0, 0.05) is 55.1 Å². The lowest BCUT2D eigenvalue weighted by Crippen LogP contribution is -2.44. The van der Waals surface area contributed by atoms with Crippen molar-refractivity contribution in [3.8, 4) is 0 Å². The Morgan fingerprint density at radius 3 is 2.84 bits per heavy atom. The molecule has 1 aromatic carbocycles. The fourth-order valence-electron chi connectivity index (χ4n) is 3.57. The zero-order valence-electron chi connectivity index (χ0n) is 14.2. The van der Waals surface area contributed by atoms with Crippen LogP contribution in [0.4, 0.5) is 4.79 Å². The molecular formula is C19H23N5O. The first kappa shape index (κ1) is 15.7. The van der Waals surface area contributed by atoms with Crippen LogP contribution in [0, 0.1) is 0 Å². The number of fused-ring (bicyclic) bond motifs is 1. The van der Waals surface area contributed by atoms with Crippen molar-refractivity contribution in [1.29, 1.82) is 0 Å². The van der Waals surface area contributed by atoms with Crippen LogP contribution in [-0.4, -0.2) is 45.7 Å². The maximum Gasteiger partial charge on any atom is 0.317 e. The fourth-order valence-corrected chi connectivity index (χ4v) is 3.57. The molecule has 4 rings (SSSR count). The summed E-state index contributed by atoms with van der Waals surface area (Å²) in [6.07, 6.45) is 4.57. The number of nitrogens with zero attached hydrogens (tertiary/aromatic N) is 2. The van der Waals surface area contributed by atoms with Crippen molar-refractivity contribution in [2.75, 3.05) is 19.6 Å². The van der Waals surface area contributed by atoms with Gasteiger partial charge in [0.15, 0.2) is 0 Å². The topological polar surface area (TPSA) is 76.8 Å². The Morgan fingerprint density at radius 1 is 1.24 bits per heavy atom. The first-order valence-electron chi connectivity index (χ1n) is 8.88. The molecule has 1 aliphatic heterocycles. The molecule has 0 spiro atoms. The number of piperidine rings is 1. The average molecular weight is 337 g/mol. The van der Waals surface area contributed by atoms with E-state index in [-0.39, 0.29) is 6.03 Å². The van der Waals surface area contributed by atoms with E-state index in [1.54, 1.807) is 6.20 Å². The second-order valence-electron chi connectivity index (χ2n) is 6.64. The second kappa shape index (κ2) is 7.01. The van der Waals surface area contributed by atoms with Gasteiger partial charge in [0.2, 0.25) is 0 Å². The zero-order chi connectivity index (χ0) is 17.1. The Kier molecular flexibility index (Phi) is 4.41. The number of urea groups is 1. The molecule has 3 aromatic rings. The number of amides is 2. The first-order chi connectivity index (χ1) is 12.3. The normalized spacial score (nSPS) is 15.6. The van der Waals surface area contributed by atoms with Gasteiger partial charge in [0.05, 0.1) is 0 Å². The number of H-pyrrole nitrogens is 2. The zero-order valence-corrected chi connectivity index (χ0v) is 14.2. The van der Waals surface area contributed by atoms with Gasteiger partial charge in [0.1, 0.15) is 0 Å². The summed E-state index contributed by atoms with van der Waals surface area (Å²) < 4.78 is 0. The highest BCUT2D eigenvalue weighted by atomic mass is 16.2. The molecule has 6 nitrogen and oxygen atoms in total. The molecule has 0 aliphatic carbocycles. The molecular weight excluding hydrogens is 314 g/mol. The van der Waals surface area contributed by atoms with Crippen LogP contribution < -0.4 is 5.32 Å². The number of para-hydroxylation sites is 1. The summed E-state index contributed by atoms with van der Waals surface area (Å²) in [6, 6.07) is 12.4. The molecule has 0 radical (unpaired) electrons. The Labute approximate surface area is 146 Å². The van der Waals surface area contributed by atoms with Crippen molar-refractivity contribution in [2.24, 2.45) is 0 Å². The van der Waals surface area contributed by atoms with Crippen molar-refractivity contribution >= 4 is 16.9 Å². The Balaban J connectivity index is 1.24. The molecule has 3 heterocycles. The average Bonchev–Trinajstić information content (AvgIpc) is 3.31. The van der Waals surface area contributed by atoms with E-state index in [1.165, 1.54) is 11.1 Å². The Morgan fingerprint density at radius 2 is 2.08 bits per heavy atom. The van der Waals surface area contributed by atoms with Gasteiger partial charge >= 0.3 is 6.03 Å². The first-order valence-corrected chi connectivity index (χ1v) is 8.88. The minimum absolute atomic E-state index is 0.0409. The Hall–Kier alpha value is -2.76. The van der Waals surface area contributed by atoms with E-state index in [1.807, 2.05) is 23.1 Å². The lowest BCUT2D eigenvalue weighted by atomic mass is 9.94. The predicted molar refractivity (Wildman–Crippen MR) is 97.5 cm³/mol. The number of nitrogens with one attached hydrogen (secondary N) is 3. The van der Waals surface area contributed by atoms with Crippen LogP contribution in [-0.2, 0) is 6.42 Å². The monoisotopic (exact) mass is 337 g/mol. The van der Waals surface area contributed by atoms with Crippen molar-refractivity contribution in [3.63, 3.8) is 0 Å². The van der Waals surface area contributed by atoms with E-state index in [0.29, 0.717) is 12.5 Å². The van der Waals surface area contributed by atoms with Crippen LogP contribution in [0.3, 0.4) is 0 Å². The molecule has 0 saturated carbocycles. The molecule has 2 amide bonds. The molecule has 1 saturated heterocycles. The third kappa shape index (κ3) is 3.52. The van der Waals surface area contributed by atoms with Crippen LogP contribution in [0.1, 0.15) is 30.1 Å². The van der Waals surface area contributed by atoms with Crippen LogP contribution in [0.25, 0.3) is 10.9 Å². The third-order valence-corrected chi connectivity index (χ3v) is 5.00. The summed E-state index contributed by atoms with van der Waals surface area (Å²) in [7, 11) is 0. The minimum Gasteiger partial charge on any atom is -0.358 e. The summed E-state index contributed by atoms with van der Waals surface area (Å²) in [6.45, 7) is 2.23. The van der Waals surface area contributed by atoms with Gasteiger partial charge in [-0.1, -0.05) is 18.2 Å². The van der Waals surface area contributed by atoms with Gasteiger partial charge in [-0.2, -0.15) is 5.10 Å². The van der Waals surface area contributed by atoms with Gasteiger partial charge in [-0.3, -0.25) is 5.10 Å². The molecule has 0 unspecified atom stereocenters. The SMILES string of the molecule is O=C(NCCc1cc2ccccc2[nH]1)N1CCC(c2ccn[nH]2)CC1. The van der Waals surface area contributed by atoms with E-state index in [4.69, 9.17) is 0 Å². The van der Waals surface area contributed by atoms with Crippen LogP contribution in [0.5, 0.6) is 0 Å². The standard InChI is InChI=1S/C19H23N5O/c25-19(24-11-7-14(8-12-24)18-6-10-21-23-18)20-9-5-16-13-15-3-1-2-4-17(15)22-16/h1-4,6,10,13-14,22H,5,7-9,11-12H2,(H,20,25)(H,21,23). The number of benzene rings is 1. The summed E-state index contributed by atoms with van der Waals surface area (Å²) in [5.41, 5.74) is 3.48. The van der Waals surface area contributed by atoms with Gasteiger partial charge in [-0.25, -0.2) is 4.79 Å². The summed E-state index contributed by atoms with van der Waals surface area (Å²) in [4.78, 5) is 17.6. The Bertz CT molecular complexity index is 798.